The highest BCUT2D eigenvalue weighted by molar-refractivity contribution is 8.03. The quantitative estimate of drug-likeness (QED) is 0.0806. The number of halogens is 1. The van der Waals surface area contributed by atoms with Crippen LogP contribution in [-0.2, 0) is 20.8 Å². The van der Waals surface area contributed by atoms with Gasteiger partial charge in [0.2, 0.25) is 0 Å². The van der Waals surface area contributed by atoms with Crippen LogP contribution in [0.2, 0.25) is 0 Å². The smallest absolute Gasteiger partial charge is 0.413 e. The normalized spacial score (nSPS) is 18.4. The van der Waals surface area contributed by atoms with Crippen LogP contribution in [0.3, 0.4) is 0 Å². The standard InChI is InChI=1S/C40H49ClN2O6S/c1-8-31(50-32-18-14-17-30(23-32)46-25-29-15-10-9-11-16-29)24-34(41)28(2)21-22-40(26-47-36(44)33-19-12-13-20-35(33)42)27-48-39(6,7)43(40)37(45)49-38(3,4)5/h8-20,23-24,28H,21-22,25-27,42H2,1-7H3/b31-8+,34-24+. The van der Waals surface area contributed by atoms with Crippen LogP contribution in [0.4, 0.5) is 10.5 Å². The fraction of sp³-hybridized carbons (Fsp3) is 0.400. The first-order valence-electron chi connectivity index (χ1n) is 16.8. The van der Waals surface area contributed by atoms with Crippen LogP contribution in [0.5, 0.6) is 5.75 Å². The van der Waals surface area contributed by atoms with Gasteiger partial charge in [-0.05, 0) is 102 Å². The number of nitrogen functional groups attached to an aromatic ring is 1. The molecule has 0 saturated carbocycles. The molecule has 1 heterocycles. The Kier molecular flexibility index (Phi) is 13.1. The van der Waals surface area contributed by atoms with Crippen molar-refractivity contribution < 1.29 is 28.5 Å². The van der Waals surface area contributed by atoms with Crippen LogP contribution in [0.1, 0.15) is 77.2 Å². The maximum Gasteiger partial charge on any atom is 0.413 e. The van der Waals surface area contributed by atoms with Crippen LogP contribution in [0.15, 0.2) is 106 Å². The summed E-state index contributed by atoms with van der Waals surface area (Å²) in [5.41, 5.74) is 4.95. The number of ether oxygens (including phenoxy) is 4. The molecule has 2 N–H and O–H groups in total. The number of allylic oxidation sites excluding steroid dienone is 3. The number of nitrogens with two attached hydrogens (primary N) is 1. The molecule has 0 bridgehead atoms. The van der Waals surface area contributed by atoms with Gasteiger partial charge in [0.25, 0.3) is 0 Å². The Balaban J connectivity index is 1.49. The van der Waals surface area contributed by atoms with Gasteiger partial charge in [-0.15, -0.1) is 0 Å². The van der Waals surface area contributed by atoms with E-state index in [-0.39, 0.29) is 24.7 Å². The van der Waals surface area contributed by atoms with E-state index in [0.717, 1.165) is 21.1 Å². The molecule has 2 atom stereocenters. The van der Waals surface area contributed by atoms with Gasteiger partial charge in [0.1, 0.15) is 35.8 Å². The number of rotatable bonds is 13. The Morgan fingerprint density at radius 2 is 1.76 bits per heavy atom. The second-order valence-electron chi connectivity index (χ2n) is 14.0. The van der Waals surface area contributed by atoms with Gasteiger partial charge in [-0.1, -0.05) is 84.9 Å². The van der Waals surface area contributed by atoms with Crippen LogP contribution in [0.25, 0.3) is 0 Å². The topological polar surface area (TPSA) is 100 Å². The summed E-state index contributed by atoms with van der Waals surface area (Å²) in [5, 5.41) is 0.660. The largest absolute Gasteiger partial charge is 0.489 e. The zero-order valence-corrected chi connectivity index (χ0v) is 31.6. The van der Waals surface area contributed by atoms with E-state index >= 15 is 0 Å². The van der Waals surface area contributed by atoms with Crippen LogP contribution < -0.4 is 10.5 Å². The molecular weight excluding hydrogens is 672 g/mol. The molecule has 10 heteroatoms. The van der Waals surface area contributed by atoms with Gasteiger partial charge in [0.05, 0.1) is 12.2 Å². The number of para-hydroxylation sites is 1. The summed E-state index contributed by atoms with van der Waals surface area (Å²) in [6.45, 7) is 13.6. The lowest BCUT2D eigenvalue weighted by Gasteiger charge is -2.42. The summed E-state index contributed by atoms with van der Waals surface area (Å²) in [6.07, 6.45) is 4.44. The molecule has 3 aromatic rings. The lowest BCUT2D eigenvalue weighted by atomic mass is 9.89. The van der Waals surface area contributed by atoms with Crippen molar-refractivity contribution in [1.82, 2.24) is 4.90 Å². The first kappa shape index (κ1) is 38.9. The molecule has 4 rings (SSSR count). The van der Waals surface area contributed by atoms with Gasteiger partial charge in [-0.2, -0.15) is 0 Å². The average molecular weight is 721 g/mol. The molecular formula is C40H49ClN2O6S. The molecule has 1 aliphatic heterocycles. The van der Waals surface area contributed by atoms with Crippen molar-refractivity contribution in [3.05, 3.63) is 112 Å². The third-order valence-corrected chi connectivity index (χ3v) is 9.86. The number of amides is 1. The summed E-state index contributed by atoms with van der Waals surface area (Å²) in [7, 11) is 0. The molecule has 2 unspecified atom stereocenters. The zero-order valence-electron chi connectivity index (χ0n) is 30.0. The van der Waals surface area contributed by atoms with E-state index < -0.39 is 28.9 Å². The highest BCUT2D eigenvalue weighted by Gasteiger charge is 2.56. The third-order valence-electron chi connectivity index (χ3n) is 8.30. The molecule has 0 radical (unpaired) electrons. The Morgan fingerprint density at radius 1 is 1.06 bits per heavy atom. The lowest BCUT2D eigenvalue weighted by molar-refractivity contribution is -0.0757. The molecule has 268 valence electrons. The number of hydrogen-bond donors (Lipinski definition) is 1. The van der Waals surface area contributed by atoms with Crippen molar-refractivity contribution in [2.45, 2.75) is 89.7 Å². The zero-order chi connectivity index (χ0) is 36.5. The number of esters is 1. The number of benzene rings is 3. The van der Waals surface area contributed by atoms with E-state index in [2.05, 4.69) is 0 Å². The molecule has 1 amide bonds. The van der Waals surface area contributed by atoms with Crippen LogP contribution >= 0.6 is 23.4 Å². The Bertz CT molecular complexity index is 1690. The predicted octanol–water partition coefficient (Wildman–Crippen LogP) is 9.98. The summed E-state index contributed by atoms with van der Waals surface area (Å²) < 4.78 is 23.9. The van der Waals surface area contributed by atoms with Crippen molar-refractivity contribution in [3.63, 3.8) is 0 Å². The van der Waals surface area contributed by atoms with E-state index in [0.29, 0.717) is 30.2 Å². The number of anilines is 1. The maximum atomic E-state index is 13.7. The molecule has 1 fully saturated rings. The minimum Gasteiger partial charge on any atom is -0.489 e. The Hall–Kier alpha value is -3.92. The molecule has 1 aliphatic rings. The van der Waals surface area contributed by atoms with Gasteiger partial charge in [0, 0.05) is 20.5 Å². The first-order valence-corrected chi connectivity index (χ1v) is 18.0. The minimum atomic E-state index is -1.02. The number of hydrogen-bond acceptors (Lipinski definition) is 8. The fourth-order valence-electron chi connectivity index (χ4n) is 5.63. The van der Waals surface area contributed by atoms with Crippen LogP contribution in [-0.4, -0.2) is 47.0 Å². The second kappa shape index (κ2) is 16.9. The number of carbonyl (C=O) groups excluding carboxylic acids is 2. The molecule has 0 spiro atoms. The maximum absolute atomic E-state index is 13.7. The molecule has 0 aliphatic carbocycles. The summed E-state index contributed by atoms with van der Waals surface area (Å²) in [6, 6.07) is 24.8. The van der Waals surface area contributed by atoms with Crippen molar-refractivity contribution in [2.24, 2.45) is 5.92 Å². The van der Waals surface area contributed by atoms with Crippen LogP contribution in [0, 0.1) is 5.92 Å². The number of carbonyl (C=O) groups is 2. The average Bonchev–Trinajstić information content (AvgIpc) is 3.35. The lowest BCUT2D eigenvalue weighted by Crippen LogP contribution is -2.59. The van der Waals surface area contributed by atoms with Gasteiger partial charge < -0.3 is 24.7 Å². The van der Waals surface area contributed by atoms with E-state index in [1.807, 2.05) is 115 Å². The Labute approximate surface area is 305 Å². The SMILES string of the molecule is C/C=C(\C=C(\Cl)C(C)CCC1(COC(=O)c2ccccc2N)COC(C)(C)N1C(=O)OC(C)(C)C)Sc1cccc(OCc2ccccc2)c1. The number of thioether (sulfide) groups is 1. The van der Waals surface area contributed by atoms with Crippen molar-refractivity contribution in [3.8, 4) is 5.75 Å². The fourth-order valence-corrected chi connectivity index (χ4v) is 6.82. The molecule has 8 nitrogen and oxygen atoms in total. The van der Waals surface area contributed by atoms with Crippen molar-refractivity contribution in [2.75, 3.05) is 18.9 Å². The molecule has 1 saturated heterocycles. The second-order valence-corrected chi connectivity index (χ2v) is 15.5. The summed E-state index contributed by atoms with van der Waals surface area (Å²) >= 11 is 8.56. The first-order chi connectivity index (χ1) is 23.6. The predicted molar refractivity (Wildman–Crippen MR) is 201 cm³/mol. The van der Waals surface area contributed by atoms with E-state index in [9.17, 15) is 9.59 Å². The summed E-state index contributed by atoms with van der Waals surface area (Å²) in [5.74, 6) is 0.121. The van der Waals surface area contributed by atoms with Crippen molar-refractivity contribution in [1.29, 1.82) is 0 Å². The summed E-state index contributed by atoms with van der Waals surface area (Å²) in [4.78, 5) is 30.5. The Morgan fingerprint density at radius 3 is 2.44 bits per heavy atom. The van der Waals surface area contributed by atoms with Gasteiger partial charge in [-0.25, -0.2) is 9.59 Å². The van der Waals surface area contributed by atoms with E-state index in [1.54, 1.807) is 40.9 Å². The van der Waals surface area contributed by atoms with Crippen molar-refractivity contribution >= 4 is 41.1 Å². The molecule has 3 aromatic carbocycles. The number of nitrogens with zero attached hydrogens (tertiary/aromatic N) is 1. The highest BCUT2D eigenvalue weighted by atomic mass is 35.5. The van der Waals surface area contributed by atoms with Gasteiger partial charge in [0.15, 0.2) is 0 Å². The molecule has 0 aromatic heterocycles. The third kappa shape index (κ3) is 10.5. The van der Waals surface area contributed by atoms with E-state index in [4.69, 9.17) is 36.3 Å². The van der Waals surface area contributed by atoms with Gasteiger partial charge >= 0.3 is 12.1 Å². The minimum absolute atomic E-state index is 0.0886. The van der Waals surface area contributed by atoms with E-state index in [1.165, 1.54) is 0 Å². The van der Waals surface area contributed by atoms with Gasteiger partial charge in [-0.3, -0.25) is 4.90 Å². The highest BCUT2D eigenvalue weighted by Crippen LogP contribution is 2.42. The molecule has 50 heavy (non-hydrogen) atoms. The monoisotopic (exact) mass is 720 g/mol.